The van der Waals surface area contributed by atoms with Crippen LogP contribution in [0.2, 0.25) is 0 Å². The summed E-state index contributed by atoms with van der Waals surface area (Å²) in [4.78, 5) is 28.6. The number of ether oxygens (including phenoxy) is 2. The second-order valence-electron chi connectivity index (χ2n) is 10.1. The summed E-state index contributed by atoms with van der Waals surface area (Å²) in [6.07, 6.45) is 0.790. The number of carbonyl (C=O) groups is 2. The topological polar surface area (TPSA) is 76.1 Å². The van der Waals surface area contributed by atoms with E-state index in [2.05, 4.69) is 20.8 Å². The quantitative estimate of drug-likeness (QED) is 0.231. The Hall–Kier alpha value is -4.06. The molecule has 1 saturated heterocycles. The molecule has 0 saturated carbocycles. The van der Waals surface area contributed by atoms with Gasteiger partial charge in [-0.1, -0.05) is 76.2 Å². The van der Waals surface area contributed by atoms with Crippen LogP contribution in [0.15, 0.2) is 78.4 Å². The Morgan fingerprint density at radius 2 is 1.54 bits per heavy atom. The van der Waals surface area contributed by atoms with Crippen molar-refractivity contribution in [2.45, 2.75) is 45.6 Å². The van der Waals surface area contributed by atoms with Crippen molar-refractivity contribution < 1.29 is 24.2 Å². The third-order valence-corrected chi connectivity index (χ3v) is 6.49. The molecule has 1 fully saturated rings. The molecule has 6 heteroatoms. The number of ketones is 1. The Kier molecular flexibility index (Phi) is 7.39. The number of rotatable bonds is 7. The van der Waals surface area contributed by atoms with E-state index in [1.54, 1.807) is 42.5 Å². The maximum atomic E-state index is 13.6. The second-order valence-corrected chi connectivity index (χ2v) is 10.1. The Labute approximate surface area is 218 Å². The van der Waals surface area contributed by atoms with E-state index in [1.807, 2.05) is 37.3 Å². The first-order valence-electron chi connectivity index (χ1n) is 12.5. The van der Waals surface area contributed by atoms with Gasteiger partial charge in [0.05, 0.1) is 36.6 Å². The molecular formula is C31H33NO5. The first kappa shape index (κ1) is 26.0. The van der Waals surface area contributed by atoms with E-state index in [9.17, 15) is 14.7 Å². The molecule has 0 bridgehead atoms. The lowest BCUT2D eigenvalue weighted by Gasteiger charge is -2.28. The molecule has 3 aromatic rings. The van der Waals surface area contributed by atoms with Gasteiger partial charge in [0.1, 0.15) is 17.3 Å². The lowest BCUT2D eigenvalue weighted by molar-refractivity contribution is -0.132. The van der Waals surface area contributed by atoms with Gasteiger partial charge in [-0.15, -0.1) is 0 Å². The summed E-state index contributed by atoms with van der Waals surface area (Å²) < 4.78 is 11.4. The minimum Gasteiger partial charge on any atom is -0.507 e. The highest BCUT2D eigenvalue weighted by molar-refractivity contribution is 6.52. The van der Waals surface area contributed by atoms with Crippen LogP contribution < -0.4 is 14.4 Å². The van der Waals surface area contributed by atoms with Crippen molar-refractivity contribution in [2.75, 3.05) is 18.6 Å². The normalized spacial score (nSPS) is 17.2. The predicted molar refractivity (Wildman–Crippen MR) is 145 cm³/mol. The van der Waals surface area contributed by atoms with Crippen LogP contribution in [0.25, 0.3) is 5.76 Å². The molecule has 1 aliphatic rings. The molecule has 0 radical (unpaired) electrons. The van der Waals surface area contributed by atoms with Gasteiger partial charge in [0.15, 0.2) is 0 Å². The van der Waals surface area contributed by atoms with Crippen molar-refractivity contribution in [1.82, 2.24) is 0 Å². The van der Waals surface area contributed by atoms with Crippen molar-refractivity contribution in [3.63, 3.8) is 0 Å². The number of para-hydroxylation sites is 3. The predicted octanol–water partition coefficient (Wildman–Crippen LogP) is 6.41. The van der Waals surface area contributed by atoms with Crippen LogP contribution in [-0.2, 0) is 15.0 Å². The number of aliphatic hydroxyl groups is 1. The number of amides is 1. The first-order valence-corrected chi connectivity index (χ1v) is 12.5. The average Bonchev–Trinajstić information content (AvgIpc) is 3.16. The van der Waals surface area contributed by atoms with Crippen LogP contribution in [0.5, 0.6) is 11.5 Å². The maximum absolute atomic E-state index is 13.6. The van der Waals surface area contributed by atoms with Gasteiger partial charge in [0.25, 0.3) is 11.7 Å². The molecule has 0 spiro atoms. The van der Waals surface area contributed by atoms with Crippen LogP contribution in [0.4, 0.5) is 5.69 Å². The van der Waals surface area contributed by atoms with E-state index in [0.717, 1.165) is 12.0 Å². The fourth-order valence-electron chi connectivity index (χ4n) is 4.54. The van der Waals surface area contributed by atoms with Gasteiger partial charge < -0.3 is 14.6 Å². The van der Waals surface area contributed by atoms with Gasteiger partial charge >= 0.3 is 0 Å². The summed E-state index contributed by atoms with van der Waals surface area (Å²) in [7, 11) is 1.49. The largest absolute Gasteiger partial charge is 0.507 e. The van der Waals surface area contributed by atoms with Crippen LogP contribution in [0, 0.1) is 0 Å². The van der Waals surface area contributed by atoms with E-state index in [-0.39, 0.29) is 16.7 Å². The number of benzene rings is 3. The van der Waals surface area contributed by atoms with Crippen LogP contribution in [-0.4, -0.2) is 30.5 Å². The average molecular weight is 500 g/mol. The fraction of sp³-hybridized carbons (Fsp3) is 0.290. The number of anilines is 1. The minimum absolute atomic E-state index is 0.00306. The minimum atomic E-state index is -0.856. The maximum Gasteiger partial charge on any atom is 0.300 e. The second kappa shape index (κ2) is 10.5. The highest BCUT2D eigenvalue weighted by atomic mass is 16.5. The molecule has 1 unspecified atom stereocenters. The van der Waals surface area contributed by atoms with Gasteiger partial charge in [-0.3, -0.25) is 14.5 Å². The summed E-state index contributed by atoms with van der Waals surface area (Å²) in [5.74, 6) is -0.873. The van der Waals surface area contributed by atoms with Crippen LogP contribution in [0.3, 0.4) is 0 Å². The lowest BCUT2D eigenvalue weighted by Crippen LogP contribution is -2.30. The van der Waals surface area contributed by atoms with Gasteiger partial charge in [0.2, 0.25) is 0 Å². The van der Waals surface area contributed by atoms with Crippen LogP contribution in [0.1, 0.15) is 56.8 Å². The molecular weight excluding hydrogens is 466 g/mol. The molecule has 37 heavy (non-hydrogen) atoms. The monoisotopic (exact) mass is 499 g/mol. The van der Waals surface area contributed by atoms with E-state index < -0.39 is 17.7 Å². The Morgan fingerprint density at radius 1 is 0.919 bits per heavy atom. The number of hydrogen-bond acceptors (Lipinski definition) is 5. The van der Waals surface area contributed by atoms with E-state index >= 15 is 0 Å². The standard InChI is InChI=1S/C31H33NO5/c1-6-19-37-25-14-10-8-12-23(25)32-27(20-15-17-21(18-16-20)31(2,3)4)26(29(34)30(32)35)28(33)22-11-7-9-13-24(22)36-5/h7-18,27,33H,6,19H2,1-5H3/b28-26-. The summed E-state index contributed by atoms with van der Waals surface area (Å²) in [5, 5.41) is 11.5. The van der Waals surface area contributed by atoms with E-state index in [0.29, 0.717) is 34.9 Å². The number of methoxy groups -OCH3 is 1. The molecule has 6 nitrogen and oxygen atoms in total. The number of Topliss-reactive ketones (excluding diaryl/α,β-unsaturated/α-hetero) is 1. The van der Waals surface area contributed by atoms with E-state index in [1.165, 1.54) is 12.0 Å². The number of carbonyl (C=O) groups excluding carboxylic acids is 2. The van der Waals surface area contributed by atoms with Crippen molar-refractivity contribution in [2.24, 2.45) is 0 Å². The zero-order valence-electron chi connectivity index (χ0n) is 21.9. The molecule has 4 rings (SSSR count). The lowest BCUT2D eigenvalue weighted by atomic mass is 9.85. The highest BCUT2D eigenvalue weighted by Gasteiger charge is 2.48. The zero-order chi connectivity index (χ0) is 26.7. The number of hydrogen-bond donors (Lipinski definition) is 1. The van der Waals surface area contributed by atoms with Crippen molar-refractivity contribution in [3.8, 4) is 11.5 Å². The number of nitrogens with zero attached hydrogens (tertiary/aromatic N) is 1. The summed E-state index contributed by atoms with van der Waals surface area (Å²) >= 11 is 0. The van der Waals surface area contributed by atoms with Crippen molar-refractivity contribution in [3.05, 3.63) is 95.1 Å². The van der Waals surface area contributed by atoms with E-state index in [4.69, 9.17) is 9.47 Å². The third kappa shape index (κ3) is 4.96. The molecule has 192 valence electrons. The Balaban J connectivity index is 1.96. The van der Waals surface area contributed by atoms with Crippen molar-refractivity contribution in [1.29, 1.82) is 0 Å². The summed E-state index contributed by atoms with van der Waals surface area (Å²) in [6, 6.07) is 21.0. The van der Waals surface area contributed by atoms with Gasteiger partial charge in [-0.25, -0.2) is 0 Å². The molecule has 1 aliphatic heterocycles. The van der Waals surface area contributed by atoms with Crippen LogP contribution >= 0.6 is 0 Å². The molecule has 3 aromatic carbocycles. The smallest absolute Gasteiger partial charge is 0.300 e. The SMILES string of the molecule is CCCOc1ccccc1N1C(=O)C(=O)/C(=C(\O)c2ccccc2OC)C1c1ccc(C(C)(C)C)cc1. The molecule has 1 amide bonds. The summed E-state index contributed by atoms with van der Waals surface area (Å²) in [6.45, 7) is 8.83. The van der Waals surface area contributed by atoms with Crippen molar-refractivity contribution >= 4 is 23.1 Å². The van der Waals surface area contributed by atoms with Gasteiger partial charge in [-0.2, -0.15) is 0 Å². The Morgan fingerprint density at radius 3 is 2.16 bits per heavy atom. The zero-order valence-corrected chi connectivity index (χ0v) is 21.9. The molecule has 0 aromatic heterocycles. The molecule has 1 heterocycles. The Bertz CT molecular complexity index is 1330. The van der Waals surface area contributed by atoms with Gasteiger partial charge in [-0.05, 0) is 47.2 Å². The molecule has 0 aliphatic carbocycles. The first-order chi connectivity index (χ1) is 17.7. The third-order valence-electron chi connectivity index (χ3n) is 6.49. The highest BCUT2D eigenvalue weighted by Crippen LogP contribution is 2.46. The molecule has 1 N–H and O–H groups in total. The summed E-state index contributed by atoms with van der Waals surface area (Å²) in [5.41, 5.74) is 2.57. The fourth-order valence-corrected chi connectivity index (χ4v) is 4.54. The molecule has 1 atom stereocenters. The van der Waals surface area contributed by atoms with Gasteiger partial charge in [0, 0.05) is 0 Å². The number of aliphatic hydroxyl groups excluding tert-OH is 1.